The minimum atomic E-state index is 0.0829. The van der Waals surface area contributed by atoms with E-state index < -0.39 is 0 Å². The van der Waals surface area contributed by atoms with Crippen LogP contribution in [-0.2, 0) is 0 Å². The number of hydrogen-bond acceptors (Lipinski definition) is 2. The summed E-state index contributed by atoms with van der Waals surface area (Å²) >= 11 is 0. The van der Waals surface area contributed by atoms with Crippen LogP contribution < -0.4 is 10.6 Å². The van der Waals surface area contributed by atoms with Crippen molar-refractivity contribution in [3.63, 3.8) is 0 Å². The largest absolute Gasteiger partial charge is 0.344 e. The van der Waals surface area contributed by atoms with Gasteiger partial charge in [0.2, 0.25) is 0 Å². The summed E-state index contributed by atoms with van der Waals surface area (Å²) in [4.78, 5) is 2.23. The fourth-order valence-electron chi connectivity index (χ4n) is 2.61. The minimum Gasteiger partial charge on any atom is -0.344 e. The van der Waals surface area contributed by atoms with Crippen LogP contribution >= 0.6 is 0 Å². The van der Waals surface area contributed by atoms with Gasteiger partial charge >= 0.3 is 0 Å². The lowest BCUT2D eigenvalue weighted by molar-refractivity contribution is 0.698. The van der Waals surface area contributed by atoms with Gasteiger partial charge in [-0.15, -0.1) is 0 Å². The number of nitrogens with two attached hydrogens (primary N) is 1. The zero-order valence-electron chi connectivity index (χ0n) is 12.9. The first kappa shape index (κ1) is 14.6. The molecule has 2 heteroatoms. The highest BCUT2D eigenvalue weighted by Gasteiger charge is 2.13. The van der Waals surface area contributed by atoms with Gasteiger partial charge in [0.25, 0.3) is 0 Å². The molecule has 0 radical (unpaired) electrons. The molecule has 0 aromatic heterocycles. The molecule has 2 aromatic rings. The highest BCUT2D eigenvalue weighted by atomic mass is 15.1. The molecule has 0 fully saturated rings. The predicted octanol–water partition coefficient (Wildman–Crippen LogP) is 4.48. The molecule has 0 unspecified atom stereocenters. The first-order chi connectivity index (χ1) is 9.52. The average molecular weight is 268 g/mol. The summed E-state index contributed by atoms with van der Waals surface area (Å²) in [5.41, 5.74) is 12.4. The molecule has 1 atom stereocenters. The summed E-state index contributed by atoms with van der Waals surface area (Å²) in [5.74, 6) is 0. The Morgan fingerprint density at radius 2 is 1.65 bits per heavy atom. The van der Waals surface area contributed by atoms with Gasteiger partial charge in [0.1, 0.15) is 0 Å². The number of benzene rings is 2. The second-order valence-corrected chi connectivity index (χ2v) is 5.48. The van der Waals surface area contributed by atoms with Crippen LogP contribution in [0.4, 0.5) is 11.4 Å². The Morgan fingerprint density at radius 3 is 2.25 bits per heavy atom. The molecule has 106 valence electrons. The van der Waals surface area contributed by atoms with Crippen molar-refractivity contribution >= 4 is 11.4 Å². The number of aryl methyl sites for hydroxylation is 2. The summed E-state index contributed by atoms with van der Waals surface area (Å²) in [6, 6.07) is 15.1. The SMILES string of the molecule is CC[C@H](N)c1ccccc1N(C)c1cc(C)cc(C)c1. The third kappa shape index (κ3) is 3.02. The van der Waals surface area contributed by atoms with E-state index in [1.165, 1.54) is 28.1 Å². The Labute approximate surface area is 122 Å². The molecule has 2 N–H and O–H groups in total. The van der Waals surface area contributed by atoms with Crippen LogP contribution in [0.1, 0.15) is 36.1 Å². The molecular weight excluding hydrogens is 244 g/mol. The van der Waals surface area contributed by atoms with E-state index in [4.69, 9.17) is 5.73 Å². The third-order valence-corrected chi connectivity index (χ3v) is 3.73. The molecule has 20 heavy (non-hydrogen) atoms. The molecule has 2 nitrogen and oxygen atoms in total. The van der Waals surface area contributed by atoms with Gasteiger partial charge in [0.15, 0.2) is 0 Å². The summed E-state index contributed by atoms with van der Waals surface area (Å²) in [6.45, 7) is 6.39. The van der Waals surface area contributed by atoms with Crippen LogP contribution in [0.2, 0.25) is 0 Å². The maximum Gasteiger partial charge on any atom is 0.0456 e. The summed E-state index contributed by atoms with van der Waals surface area (Å²) in [5, 5.41) is 0. The molecule has 2 aromatic carbocycles. The number of para-hydroxylation sites is 1. The quantitative estimate of drug-likeness (QED) is 0.885. The molecule has 0 saturated carbocycles. The monoisotopic (exact) mass is 268 g/mol. The third-order valence-electron chi connectivity index (χ3n) is 3.73. The molecule has 2 rings (SSSR count). The number of hydrogen-bond donors (Lipinski definition) is 1. The molecular formula is C18H24N2. The van der Waals surface area contributed by atoms with E-state index in [2.05, 4.69) is 75.2 Å². The molecule has 0 aliphatic rings. The van der Waals surface area contributed by atoms with Gasteiger partial charge in [0.05, 0.1) is 0 Å². The Morgan fingerprint density at radius 1 is 1.05 bits per heavy atom. The minimum absolute atomic E-state index is 0.0829. The second-order valence-electron chi connectivity index (χ2n) is 5.48. The standard InChI is InChI=1S/C18H24N2/c1-5-17(19)16-8-6-7-9-18(16)20(4)15-11-13(2)10-14(3)12-15/h6-12,17H,5,19H2,1-4H3/t17-/m0/s1. The van der Waals surface area contributed by atoms with Gasteiger partial charge in [-0.3, -0.25) is 0 Å². The zero-order chi connectivity index (χ0) is 14.7. The van der Waals surface area contributed by atoms with Gasteiger partial charge in [-0.1, -0.05) is 31.2 Å². The maximum atomic E-state index is 6.24. The molecule has 0 saturated heterocycles. The van der Waals surface area contributed by atoms with Crippen molar-refractivity contribution in [2.75, 3.05) is 11.9 Å². The van der Waals surface area contributed by atoms with Crippen LogP contribution in [0, 0.1) is 13.8 Å². The van der Waals surface area contributed by atoms with E-state index in [1.54, 1.807) is 0 Å². The van der Waals surface area contributed by atoms with E-state index in [1.807, 2.05) is 0 Å². The lowest BCUT2D eigenvalue weighted by atomic mass is 10.0. The van der Waals surface area contributed by atoms with E-state index >= 15 is 0 Å². The normalized spacial score (nSPS) is 12.2. The van der Waals surface area contributed by atoms with Crippen molar-refractivity contribution < 1.29 is 0 Å². The van der Waals surface area contributed by atoms with Crippen LogP contribution in [0.25, 0.3) is 0 Å². The van der Waals surface area contributed by atoms with Crippen LogP contribution in [0.15, 0.2) is 42.5 Å². The lowest BCUT2D eigenvalue weighted by Crippen LogP contribution is -2.17. The van der Waals surface area contributed by atoms with Crippen molar-refractivity contribution in [2.24, 2.45) is 5.73 Å². The van der Waals surface area contributed by atoms with Crippen LogP contribution in [0.5, 0.6) is 0 Å². The van der Waals surface area contributed by atoms with Crippen molar-refractivity contribution in [1.82, 2.24) is 0 Å². The van der Waals surface area contributed by atoms with Crippen molar-refractivity contribution in [3.05, 3.63) is 59.2 Å². The van der Waals surface area contributed by atoms with Gasteiger partial charge in [-0.25, -0.2) is 0 Å². The highest BCUT2D eigenvalue weighted by Crippen LogP contribution is 2.31. The number of rotatable bonds is 4. The van der Waals surface area contributed by atoms with Crippen LogP contribution in [-0.4, -0.2) is 7.05 Å². The van der Waals surface area contributed by atoms with E-state index in [0.717, 1.165) is 6.42 Å². The lowest BCUT2D eigenvalue weighted by Gasteiger charge is -2.25. The number of nitrogens with zero attached hydrogens (tertiary/aromatic N) is 1. The molecule has 0 aliphatic heterocycles. The van der Waals surface area contributed by atoms with Crippen molar-refractivity contribution in [3.8, 4) is 0 Å². The highest BCUT2D eigenvalue weighted by molar-refractivity contribution is 5.67. The van der Waals surface area contributed by atoms with E-state index in [9.17, 15) is 0 Å². The van der Waals surface area contributed by atoms with Crippen molar-refractivity contribution in [2.45, 2.75) is 33.2 Å². The molecule has 0 aliphatic carbocycles. The maximum absolute atomic E-state index is 6.24. The first-order valence-electron chi connectivity index (χ1n) is 7.19. The average Bonchev–Trinajstić information content (AvgIpc) is 2.44. The fraction of sp³-hybridized carbons (Fsp3) is 0.333. The molecule has 0 spiro atoms. The Balaban J connectivity index is 2.45. The van der Waals surface area contributed by atoms with Crippen molar-refractivity contribution in [1.29, 1.82) is 0 Å². The Bertz CT molecular complexity index is 569. The second kappa shape index (κ2) is 6.10. The topological polar surface area (TPSA) is 29.3 Å². The first-order valence-corrected chi connectivity index (χ1v) is 7.19. The van der Waals surface area contributed by atoms with Gasteiger partial charge < -0.3 is 10.6 Å². The summed E-state index contributed by atoms with van der Waals surface area (Å²) in [7, 11) is 2.11. The van der Waals surface area contributed by atoms with Crippen LogP contribution in [0.3, 0.4) is 0 Å². The molecule has 0 bridgehead atoms. The zero-order valence-corrected chi connectivity index (χ0v) is 12.9. The Hall–Kier alpha value is -1.80. The summed E-state index contributed by atoms with van der Waals surface area (Å²) in [6.07, 6.45) is 0.942. The van der Waals surface area contributed by atoms with E-state index in [-0.39, 0.29) is 6.04 Å². The van der Waals surface area contributed by atoms with Gasteiger partial charge in [-0.2, -0.15) is 0 Å². The Kier molecular flexibility index (Phi) is 4.46. The van der Waals surface area contributed by atoms with E-state index in [0.29, 0.717) is 0 Å². The molecule has 0 amide bonds. The number of anilines is 2. The van der Waals surface area contributed by atoms with Gasteiger partial charge in [0, 0.05) is 24.5 Å². The van der Waals surface area contributed by atoms with Gasteiger partial charge in [-0.05, 0) is 55.2 Å². The smallest absolute Gasteiger partial charge is 0.0456 e. The predicted molar refractivity (Wildman–Crippen MR) is 87.6 cm³/mol. The summed E-state index contributed by atoms with van der Waals surface area (Å²) < 4.78 is 0. The fourth-order valence-corrected chi connectivity index (χ4v) is 2.61. The molecule has 0 heterocycles.